The van der Waals surface area contributed by atoms with Crippen molar-refractivity contribution in [1.29, 1.82) is 0 Å². The minimum Gasteiger partial charge on any atom is -0.0772 e. The maximum absolute atomic E-state index is 2.24. The van der Waals surface area contributed by atoms with Crippen LogP contribution < -0.4 is 0 Å². The van der Waals surface area contributed by atoms with Crippen LogP contribution in [0, 0.1) is 0 Å². The summed E-state index contributed by atoms with van der Waals surface area (Å²) in [5.74, 6) is 0. The van der Waals surface area contributed by atoms with Gasteiger partial charge in [-0.1, -0.05) is 51.8 Å². The Morgan fingerprint density at radius 3 is 2.50 bits per heavy atom. The van der Waals surface area contributed by atoms with Gasteiger partial charge >= 0.3 is 0 Å². The predicted molar refractivity (Wildman–Crippen MR) is 64.2 cm³/mol. The second kappa shape index (κ2) is 5.51. The number of rotatable bonds is 4. The molecule has 14 heavy (non-hydrogen) atoms. The first kappa shape index (κ1) is 10.2. The lowest BCUT2D eigenvalue weighted by atomic mass is 10.2. The summed E-state index contributed by atoms with van der Waals surface area (Å²) in [6.07, 6.45) is 8.53. The molecule has 1 heteroatoms. The molecule has 0 amide bonds. The smallest absolute Gasteiger partial charge is 0.0170 e. The fraction of sp³-hybridized carbons (Fsp3) is 0.538. The van der Waals surface area contributed by atoms with Crippen molar-refractivity contribution in [3.05, 3.63) is 35.9 Å². The standard InChI is InChI=1S/C13H18P/c1-2-6-12(7-3-1)10-11-14-13-8-4-5-9-13/h1-3,6-7,13H,4-5,8-11H2. The van der Waals surface area contributed by atoms with Crippen LogP contribution in [0.4, 0.5) is 0 Å². The number of aryl methyl sites for hydroxylation is 1. The van der Waals surface area contributed by atoms with Gasteiger partial charge in [-0.25, -0.2) is 0 Å². The monoisotopic (exact) mass is 205 g/mol. The molecule has 1 aromatic carbocycles. The summed E-state index contributed by atoms with van der Waals surface area (Å²) >= 11 is 0. The first-order chi connectivity index (χ1) is 6.95. The van der Waals surface area contributed by atoms with Crippen LogP contribution in [-0.4, -0.2) is 11.8 Å². The average molecular weight is 205 g/mol. The number of hydrogen-bond acceptors (Lipinski definition) is 0. The van der Waals surface area contributed by atoms with Gasteiger partial charge in [0.2, 0.25) is 0 Å². The van der Waals surface area contributed by atoms with Crippen molar-refractivity contribution in [3.8, 4) is 0 Å². The number of hydrogen-bond donors (Lipinski definition) is 0. The van der Waals surface area contributed by atoms with Gasteiger partial charge in [0.15, 0.2) is 0 Å². The first-order valence-electron chi connectivity index (χ1n) is 5.66. The molecule has 1 fully saturated rings. The Labute approximate surface area is 88.9 Å². The zero-order chi connectivity index (χ0) is 9.64. The molecule has 75 valence electrons. The first-order valence-corrected chi connectivity index (χ1v) is 6.80. The molecule has 0 aromatic heterocycles. The molecule has 1 saturated carbocycles. The largest absolute Gasteiger partial charge is 0.0772 e. The summed E-state index contributed by atoms with van der Waals surface area (Å²) in [6, 6.07) is 10.9. The van der Waals surface area contributed by atoms with E-state index < -0.39 is 0 Å². The van der Waals surface area contributed by atoms with Crippen molar-refractivity contribution in [2.75, 3.05) is 6.16 Å². The third kappa shape index (κ3) is 3.10. The fourth-order valence-corrected chi connectivity index (χ4v) is 3.59. The van der Waals surface area contributed by atoms with E-state index >= 15 is 0 Å². The van der Waals surface area contributed by atoms with E-state index in [9.17, 15) is 0 Å². The molecular formula is C13H18P. The average Bonchev–Trinajstić information content (AvgIpc) is 2.72. The Balaban J connectivity index is 1.67. The zero-order valence-electron chi connectivity index (χ0n) is 8.65. The highest BCUT2D eigenvalue weighted by atomic mass is 31.1. The molecule has 0 N–H and O–H groups in total. The van der Waals surface area contributed by atoms with Crippen LogP contribution in [0.2, 0.25) is 0 Å². The summed E-state index contributed by atoms with van der Waals surface area (Å²) < 4.78 is 0. The highest BCUT2D eigenvalue weighted by molar-refractivity contribution is 7.38. The van der Waals surface area contributed by atoms with Gasteiger partial charge in [-0.3, -0.25) is 0 Å². The van der Waals surface area contributed by atoms with Gasteiger partial charge in [0.25, 0.3) is 0 Å². The summed E-state index contributed by atoms with van der Waals surface area (Å²) in [5.41, 5.74) is 2.52. The van der Waals surface area contributed by atoms with E-state index in [0.29, 0.717) is 0 Å². The van der Waals surface area contributed by atoms with Crippen molar-refractivity contribution in [2.24, 2.45) is 0 Å². The van der Waals surface area contributed by atoms with Crippen LogP contribution in [0.5, 0.6) is 0 Å². The van der Waals surface area contributed by atoms with Gasteiger partial charge in [-0.2, -0.15) is 0 Å². The molecule has 0 bridgehead atoms. The van der Waals surface area contributed by atoms with E-state index in [1.165, 1.54) is 43.8 Å². The minimum atomic E-state index is 1.03. The van der Waals surface area contributed by atoms with Crippen LogP contribution in [0.15, 0.2) is 30.3 Å². The van der Waals surface area contributed by atoms with E-state index in [1.54, 1.807) is 8.58 Å². The van der Waals surface area contributed by atoms with Gasteiger partial charge in [0, 0.05) is 0 Å². The molecule has 0 heterocycles. The lowest BCUT2D eigenvalue weighted by molar-refractivity contribution is 0.886. The zero-order valence-corrected chi connectivity index (χ0v) is 9.55. The quantitative estimate of drug-likeness (QED) is 0.649. The van der Waals surface area contributed by atoms with Crippen LogP contribution in [-0.2, 0) is 6.42 Å². The van der Waals surface area contributed by atoms with Crippen LogP contribution in [0.25, 0.3) is 0 Å². The molecule has 0 unspecified atom stereocenters. The van der Waals surface area contributed by atoms with Gasteiger partial charge in [-0.15, -0.1) is 0 Å². The van der Waals surface area contributed by atoms with Crippen LogP contribution in [0.3, 0.4) is 0 Å². The van der Waals surface area contributed by atoms with Gasteiger partial charge in [0.05, 0.1) is 0 Å². The summed E-state index contributed by atoms with van der Waals surface area (Å²) in [5, 5.41) is 0. The lowest BCUT2D eigenvalue weighted by Gasteiger charge is -2.07. The van der Waals surface area contributed by atoms with Gasteiger partial charge in [-0.05, 0) is 36.6 Å². The summed E-state index contributed by atoms with van der Waals surface area (Å²) in [7, 11) is 1.70. The Morgan fingerprint density at radius 1 is 1.07 bits per heavy atom. The van der Waals surface area contributed by atoms with Gasteiger partial charge in [0.1, 0.15) is 0 Å². The van der Waals surface area contributed by atoms with E-state index in [-0.39, 0.29) is 0 Å². The third-order valence-corrected chi connectivity index (χ3v) is 4.47. The molecular weight excluding hydrogens is 187 g/mol. The normalized spacial score (nSPS) is 18.3. The third-order valence-electron chi connectivity index (χ3n) is 2.96. The van der Waals surface area contributed by atoms with E-state index in [4.69, 9.17) is 0 Å². The van der Waals surface area contributed by atoms with E-state index in [2.05, 4.69) is 30.3 Å². The fourth-order valence-electron chi connectivity index (χ4n) is 2.11. The number of benzene rings is 1. The Bertz CT molecular complexity index is 249. The van der Waals surface area contributed by atoms with E-state index in [1.807, 2.05) is 0 Å². The molecule has 0 atom stereocenters. The Kier molecular flexibility index (Phi) is 4.01. The lowest BCUT2D eigenvalue weighted by Crippen LogP contribution is -1.95. The molecule has 0 aliphatic heterocycles. The molecule has 0 spiro atoms. The SMILES string of the molecule is c1ccc(CC[P]C2CCCC2)cc1. The summed E-state index contributed by atoms with van der Waals surface area (Å²) in [4.78, 5) is 0. The highest BCUT2D eigenvalue weighted by Crippen LogP contribution is 2.34. The van der Waals surface area contributed by atoms with Crippen molar-refractivity contribution < 1.29 is 0 Å². The minimum absolute atomic E-state index is 1.03. The molecule has 1 aliphatic rings. The topological polar surface area (TPSA) is 0 Å². The van der Waals surface area contributed by atoms with Crippen LogP contribution in [0.1, 0.15) is 31.2 Å². The maximum Gasteiger partial charge on any atom is -0.0170 e. The molecule has 0 nitrogen and oxygen atoms in total. The Hall–Kier alpha value is -0.350. The second-order valence-corrected chi connectivity index (χ2v) is 5.62. The van der Waals surface area contributed by atoms with Crippen molar-refractivity contribution in [2.45, 2.75) is 37.8 Å². The van der Waals surface area contributed by atoms with Gasteiger partial charge < -0.3 is 0 Å². The second-order valence-electron chi connectivity index (χ2n) is 4.08. The molecule has 1 aromatic rings. The Morgan fingerprint density at radius 2 is 1.79 bits per heavy atom. The molecule has 0 saturated heterocycles. The summed E-state index contributed by atoms with van der Waals surface area (Å²) in [6.45, 7) is 0. The van der Waals surface area contributed by atoms with E-state index in [0.717, 1.165) is 5.66 Å². The van der Waals surface area contributed by atoms with Crippen molar-refractivity contribution >= 4 is 8.58 Å². The molecule has 1 radical (unpaired) electrons. The van der Waals surface area contributed by atoms with Crippen molar-refractivity contribution in [3.63, 3.8) is 0 Å². The highest BCUT2D eigenvalue weighted by Gasteiger charge is 2.14. The van der Waals surface area contributed by atoms with Crippen molar-refractivity contribution in [1.82, 2.24) is 0 Å². The molecule has 1 aliphatic carbocycles. The maximum atomic E-state index is 2.24. The predicted octanol–water partition coefficient (Wildman–Crippen LogP) is 4.12. The molecule has 2 rings (SSSR count). The van der Waals surface area contributed by atoms with Crippen LogP contribution >= 0.6 is 8.58 Å².